The Kier molecular flexibility index (Phi) is 5.41. The molecule has 2 aliphatic rings. The minimum Gasteiger partial charge on any atom is -0.465 e. The number of carbonyl (C=O) groups excluding carboxylic acids is 2. The molecular weight excluding hydrogens is 376 g/mol. The molecule has 29 heavy (non-hydrogen) atoms. The maximum atomic E-state index is 12.7. The van der Waals surface area contributed by atoms with Crippen molar-refractivity contribution in [1.29, 1.82) is 0 Å². The second-order valence-electron chi connectivity index (χ2n) is 6.85. The van der Waals surface area contributed by atoms with Gasteiger partial charge in [0.2, 0.25) is 0 Å². The van der Waals surface area contributed by atoms with Crippen molar-refractivity contribution < 1.29 is 23.8 Å². The summed E-state index contributed by atoms with van der Waals surface area (Å²) in [4.78, 5) is 34.8. The number of para-hydroxylation sites is 1. The third kappa shape index (κ3) is 4.06. The number of likely N-dealkylation sites (tertiary alicyclic amines) is 1. The summed E-state index contributed by atoms with van der Waals surface area (Å²) in [6.45, 7) is 2.31. The summed E-state index contributed by atoms with van der Waals surface area (Å²) in [6, 6.07) is 6.93. The molecule has 0 aliphatic carbocycles. The zero-order valence-electron chi connectivity index (χ0n) is 16.1. The van der Waals surface area contributed by atoms with Gasteiger partial charge in [0.05, 0.1) is 44.0 Å². The Morgan fingerprint density at radius 1 is 1.10 bits per heavy atom. The van der Waals surface area contributed by atoms with Crippen LogP contribution in [0.15, 0.2) is 36.7 Å². The maximum Gasteiger partial charge on any atom is 0.339 e. The Balaban J connectivity index is 1.41. The fraction of sp³-hybridized carbons (Fsp3) is 0.400. The number of carbonyl (C=O) groups is 2. The van der Waals surface area contributed by atoms with Crippen LogP contribution in [-0.2, 0) is 14.2 Å². The molecule has 3 heterocycles. The molecule has 1 amide bonds. The fourth-order valence-corrected chi connectivity index (χ4v) is 3.52. The molecule has 2 fully saturated rings. The molecule has 2 aliphatic heterocycles. The lowest BCUT2D eigenvalue weighted by Crippen LogP contribution is -2.47. The molecule has 1 aromatic carbocycles. The van der Waals surface area contributed by atoms with Crippen molar-refractivity contribution in [2.45, 2.75) is 18.6 Å². The van der Waals surface area contributed by atoms with E-state index in [1.54, 1.807) is 29.2 Å². The van der Waals surface area contributed by atoms with Crippen molar-refractivity contribution in [3.8, 4) is 0 Å². The number of hydrogen-bond acceptors (Lipinski definition) is 8. The molecule has 0 bridgehead atoms. The van der Waals surface area contributed by atoms with E-state index in [0.717, 1.165) is 0 Å². The molecule has 0 saturated carbocycles. The van der Waals surface area contributed by atoms with Gasteiger partial charge in [-0.1, -0.05) is 12.1 Å². The molecule has 9 heteroatoms. The van der Waals surface area contributed by atoms with Gasteiger partial charge in [-0.3, -0.25) is 4.79 Å². The molecule has 9 nitrogen and oxygen atoms in total. The molecule has 2 aromatic rings. The van der Waals surface area contributed by atoms with Crippen LogP contribution in [0.4, 0.5) is 11.5 Å². The summed E-state index contributed by atoms with van der Waals surface area (Å²) in [5.74, 6) is -0.732. The molecular formula is C20H22N4O5. The van der Waals surface area contributed by atoms with E-state index in [1.165, 1.54) is 19.5 Å². The Labute approximate surface area is 168 Å². The van der Waals surface area contributed by atoms with Gasteiger partial charge in [-0.2, -0.15) is 0 Å². The first-order valence-corrected chi connectivity index (χ1v) is 9.44. The highest BCUT2D eigenvalue weighted by Crippen LogP contribution is 2.31. The van der Waals surface area contributed by atoms with Crippen molar-refractivity contribution >= 4 is 23.4 Å². The van der Waals surface area contributed by atoms with Crippen LogP contribution in [0, 0.1) is 0 Å². The first-order chi connectivity index (χ1) is 14.1. The fourth-order valence-electron chi connectivity index (χ4n) is 3.52. The van der Waals surface area contributed by atoms with E-state index in [1.807, 2.05) is 0 Å². The number of piperidine rings is 1. The maximum absolute atomic E-state index is 12.7. The molecule has 1 N–H and O–H groups in total. The van der Waals surface area contributed by atoms with E-state index in [0.29, 0.717) is 56.2 Å². The second-order valence-corrected chi connectivity index (χ2v) is 6.85. The zero-order chi connectivity index (χ0) is 20.3. The van der Waals surface area contributed by atoms with E-state index in [-0.39, 0.29) is 11.6 Å². The highest BCUT2D eigenvalue weighted by molar-refractivity contribution is 5.96. The third-order valence-electron chi connectivity index (χ3n) is 5.09. The number of anilines is 2. The number of methoxy groups -OCH3 is 1. The summed E-state index contributed by atoms with van der Waals surface area (Å²) in [6.07, 6.45) is 4.19. The Morgan fingerprint density at radius 3 is 2.48 bits per heavy atom. The summed E-state index contributed by atoms with van der Waals surface area (Å²) >= 11 is 0. The number of nitrogens with zero attached hydrogens (tertiary/aromatic N) is 3. The van der Waals surface area contributed by atoms with Crippen LogP contribution in [-0.4, -0.2) is 65.9 Å². The quantitative estimate of drug-likeness (QED) is 0.780. The number of rotatable bonds is 4. The monoisotopic (exact) mass is 398 g/mol. The lowest BCUT2D eigenvalue weighted by Gasteiger charge is -2.37. The predicted molar refractivity (Wildman–Crippen MR) is 103 cm³/mol. The van der Waals surface area contributed by atoms with Gasteiger partial charge < -0.3 is 24.4 Å². The van der Waals surface area contributed by atoms with Gasteiger partial charge >= 0.3 is 5.97 Å². The summed E-state index contributed by atoms with van der Waals surface area (Å²) in [5.41, 5.74) is 1.20. The average Bonchev–Trinajstić information content (AvgIpc) is 3.22. The van der Waals surface area contributed by atoms with Crippen molar-refractivity contribution in [3.05, 3.63) is 47.9 Å². The van der Waals surface area contributed by atoms with E-state index in [4.69, 9.17) is 14.2 Å². The second kappa shape index (κ2) is 8.14. The van der Waals surface area contributed by atoms with Gasteiger partial charge in [0.1, 0.15) is 11.5 Å². The molecule has 2 saturated heterocycles. The minimum absolute atomic E-state index is 0.174. The molecule has 0 atom stereocenters. The van der Waals surface area contributed by atoms with Gasteiger partial charge in [-0.25, -0.2) is 14.8 Å². The number of nitrogens with one attached hydrogen (secondary N) is 1. The normalized spacial score (nSPS) is 17.9. The largest absolute Gasteiger partial charge is 0.465 e. The number of esters is 1. The summed E-state index contributed by atoms with van der Waals surface area (Å²) < 4.78 is 16.2. The average molecular weight is 398 g/mol. The standard InChI is InChI=1S/C20H22N4O5/c1-27-19(26)14-4-2-3-5-15(14)23-17-13-21-16(12-22-17)18(25)24-8-6-20(7-9-24)28-10-11-29-20/h2-5,12-13H,6-11H2,1H3,(H,22,23). The van der Waals surface area contributed by atoms with E-state index < -0.39 is 11.8 Å². The van der Waals surface area contributed by atoms with Crippen LogP contribution >= 0.6 is 0 Å². The molecule has 0 radical (unpaired) electrons. The smallest absolute Gasteiger partial charge is 0.339 e. The van der Waals surface area contributed by atoms with Gasteiger partial charge in [0.15, 0.2) is 5.79 Å². The van der Waals surface area contributed by atoms with E-state index in [9.17, 15) is 9.59 Å². The topological polar surface area (TPSA) is 103 Å². The Morgan fingerprint density at radius 2 is 1.83 bits per heavy atom. The third-order valence-corrected chi connectivity index (χ3v) is 5.09. The lowest BCUT2D eigenvalue weighted by atomic mass is 10.0. The van der Waals surface area contributed by atoms with Crippen LogP contribution in [0.2, 0.25) is 0 Å². The number of ether oxygens (including phenoxy) is 3. The van der Waals surface area contributed by atoms with Gasteiger partial charge in [-0.15, -0.1) is 0 Å². The molecule has 0 unspecified atom stereocenters. The van der Waals surface area contributed by atoms with E-state index >= 15 is 0 Å². The van der Waals surface area contributed by atoms with Gasteiger partial charge in [0, 0.05) is 25.9 Å². The SMILES string of the molecule is COC(=O)c1ccccc1Nc1cnc(C(=O)N2CCC3(CC2)OCCO3)cn1. The first kappa shape index (κ1) is 19.3. The highest BCUT2D eigenvalue weighted by Gasteiger charge is 2.41. The lowest BCUT2D eigenvalue weighted by molar-refractivity contribution is -0.181. The van der Waals surface area contributed by atoms with Crippen molar-refractivity contribution in [1.82, 2.24) is 14.9 Å². The van der Waals surface area contributed by atoms with Crippen LogP contribution in [0.5, 0.6) is 0 Å². The molecule has 1 aromatic heterocycles. The van der Waals surface area contributed by atoms with Gasteiger partial charge in [-0.05, 0) is 12.1 Å². The molecule has 4 rings (SSSR count). The highest BCUT2D eigenvalue weighted by atomic mass is 16.7. The van der Waals surface area contributed by atoms with Crippen LogP contribution in [0.1, 0.15) is 33.7 Å². The Hall–Kier alpha value is -3.04. The van der Waals surface area contributed by atoms with Crippen LogP contribution in [0.3, 0.4) is 0 Å². The first-order valence-electron chi connectivity index (χ1n) is 9.44. The van der Waals surface area contributed by atoms with Crippen LogP contribution in [0.25, 0.3) is 0 Å². The van der Waals surface area contributed by atoms with E-state index in [2.05, 4.69) is 15.3 Å². The van der Waals surface area contributed by atoms with Crippen molar-refractivity contribution in [2.24, 2.45) is 0 Å². The predicted octanol–water partition coefficient (Wildman–Crippen LogP) is 1.99. The van der Waals surface area contributed by atoms with Gasteiger partial charge in [0.25, 0.3) is 5.91 Å². The molecule has 152 valence electrons. The number of aromatic nitrogens is 2. The number of amides is 1. The van der Waals surface area contributed by atoms with Crippen LogP contribution < -0.4 is 5.32 Å². The molecule has 1 spiro atoms. The minimum atomic E-state index is -0.525. The van der Waals surface area contributed by atoms with Crippen molar-refractivity contribution in [3.63, 3.8) is 0 Å². The van der Waals surface area contributed by atoms with Crippen molar-refractivity contribution in [2.75, 3.05) is 38.7 Å². The zero-order valence-corrected chi connectivity index (χ0v) is 16.1. The summed E-state index contributed by atoms with van der Waals surface area (Å²) in [5, 5.41) is 3.03. The summed E-state index contributed by atoms with van der Waals surface area (Å²) in [7, 11) is 1.33. The number of hydrogen-bond donors (Lipinski definition) is 1. The number of benzene rings is 1. The Bertz CT molecular complexity index is 886.